The lowest BCUT2D eigenvalue weighted by atomic mass is 10.0. The molecule has 0 saturated carbocycles. The molecule has 2 heterocycles. The van der Waals surface area contributed by atoms with Crippen LogP contribution in [0.1, 0.15) is 0 Å². The van der Waals surface area contributed by atoms with E-state index in [1.54, 1.807) is 0 Å². The van der Waals surface area contributed by atoms with Crippen LogP contribution in [0.3, 0.4) is 0 Å². The zero-order valence-corrected chi connectivity index (χ0v) is 9.48. The molecule has 0 fully saturated rings. The second-order valence-electron chi connectivity index (χ2n) is 3.87. The van der Waals surface area contributed by atoms with Crippen LogP contribution in [0.5, 0.6) is 0 Å². The van der Waals surface area contributed by atoms with Gasteiger partial charge in [-0.05, 0) is 17.7 Å². The first-order valence-electron chi connectivity index (χ1n) is 5.31. The fourth-order valence-electron chi connectivity index (χ4n) is 1.85. The zero-order chi connectivity index (χ0) is 13.4. The Morgan fingerprint density at radius 3 is 2.42 bits per heavy atom. The summed E-state index contributed by atoms with van der Waals surface area (Å²) in [5, 5.41) is 16.5. The van der Waals surface area contributed by atoms with E-state index in [0.717, 1.165) is 6.07 Å². The number of anilines is 1. The van der Waals surface area contributed by atoms with Gasteiger partial charge in [-0.15, -0.1) is 0 Å². The lowest BCUT2D eigenvalue weighted by Crippen LogP contribution is -1.91. The molecular weight excluding hydrogens is 254 g/mol. The Balaban J connectivity index is 2.22. The third kappa shape index (κ3) is 1.92. The molecule has 0 spiro atoms. The van der Waals surface area contributed by atoms with Crippen molar-refractivity contribution in [1.82, 2.24) is 25.6 Å². The molecule has 6 nitrogen and oxygen atoms in total. The Morgan fingerprint density at radius 2 is 1.79 bits per heavy atom. The average molecular weight is 262 g/mol. The third-order valence-electron chi connectivity index (χ3n) is 2.62. The molecule has 0 aliphatic rings. The fourth-order valence-corrected chi connectivity index (χ4v) is 1.85. The van der Waals surface area contributed by atoms with Gasteiger partial charge in [0.25, 0.3) is 0 Å². The van der Waals surface area contributed by atoms with Crippen molar-refractivity contribution in [2.45, 2.75) is 0 Å². The van der Waals surface area contributed by atoms with Crippen LogP contribution < -0.4 is 5.73 Å². The summed E-state index contributed by atoms with van der Waals surface area (Å²) in [6, 6.07) is 3.14. The molecule has 0 aliphatic carbocycles. The topological polar surface area (TPSA) is 96.3 Å². The number of aromatic nitrogens is 5. The van der Waals surface area contributed by atoms with Crippen molar-refractivity contribution >= 4 is 5.82 Å². The van der Waals surface area contributed by atoms with Crippen molar-refractivity contribution in [1.29, 1.82) is 0 Å². The number of rotatable bonds is 2. The first kappa shape index (κ1) is 11.3. The van der Waals surface area contributed by atoms with Crippen LogP contribution in [0.2, 0.25) is 0 Å². The highest BCUT2D eigenvalue weighted by Gasteiger charge is 2.17. The fraction of sp³-hybridized carbons (Fsp3) is 0. The van der Waals surface area contributed by atoms with Gasteiger partial charge in [-0.2, -0.15) is 20.5 Å². The molecule has 4 N–H and O–H groups in total. The molecule has 0 radical (unpaired) electrons. The lowest BCUT2D eigenvalue weighted by Gasteiger charge is -2.03. The predicted octanol–water partition coefficient (Wildman–Crippen LogP) is 1.72. The highest BCUT2D eigenvalue weighted by molar-refractivity contribution is 5.86. The highest BCUT2D eigenvalue weighted by Crippen LogP contribution is 2.34. The summed E-state index contributed by atoms with van der Waals surface area (Å²) >= 11 is 0. The maximum atomic E-state index is 13.3. The number of nitrogen functional groups attached to an aromatic ring is 1. The number of hydrogen-bond acceptors (Lipinski definition) is 4. The van der Waals surface area contributed by atoms with Gasteiger partial charge in [-0.25, -0.2) is 8.78 Å². The van der Waals surface area contributed by atoms with E-state index in [-0.39, 0.29) is 11.4 Å². The van der Waals surface area contributed by atoms with Crippen LogP contribution >= 0.6 is 0 Å². The van der Waals surface area contributed by atoms with Crippen molar-refractivity contribution in [3.05, 3.63) is 36.0 Å². The van der Waals surface area contributed by atoms with Gasteiger partial charge in [-0.3, -0.25) is 5.10 Å². The summed E-state index contributed by atoms with van der Waals surface area (Å²) in [6.07, 6.45) is 1.45. The lowest BCUT2D eigenvalue weighted by molar-refractivity contribution is 0.584. The standard InChI is InChI=1S/C11H8F2N6/c12-6-1-5(2-7(13)3-6)9-10(17-18-11(9)14)8-4-15-19-16-8/h1-4H,(H3,14,17,18)(H,15,16,19). The number of nitrogens with two attached hydrogens (primary N) is 1. The average Bonchev–Trinajstić information content (AvgIpc) is 2.95. The van der Waals surface area contributed by atoms with E-state index in [2.05, 4.69) is 25.6 Å². The molecule has 3 aromatic rings. The summed E-state index contributed by atoms with van der Waals surface area (Å²) in [5.41, 5.74) is 7.28. The van der Waals surface area contributed by atoms with Crippen LogP contribution in [0.4, 0.5) is 14.6 Å². The number of H-pyrrole nitrogens is 2. The number of nitrogens with zero attached hydrogens (tertiary/aromatic N) is 3. The van der Waals surface area contributed by atoms with E-state index in [1.165, 1.54) is 18.3 Å². The van der Waals surface area contributed by atoms with Gasteiger partial charge in [0, 0.05) is 6.07 Å². The van der Waals surface area contributed by atoms with Gasteiger partial charge in [0.05, 0.1) is 17.5 Å². The van der Waals surface area contributed by atoms with Gasteiger partial charge < -0.3 is 5.73 Å². The van der Waals surface area contributed by atoms with Gasteiger partial charge in [-0.1, -0.05) is 0 Å². The van der Waals surface area contributed by atoms with Crippen LogP contribution in [-0.4, -0.2) is 25.6 Å². The molecule has 8 heteroatoms. The Hall–Kier alpha value is -2.77. The maximum Gasteiger partial charge on any atom is 0.153 e. The molecule has 1 aromatic carbocycles. The predicted molar refractivity (Wildman–Crippen MR) is 63.7 cm³/mol. The minimum absolute atomic E-state index is 0.128. The quantitative estimate of drug-likeness (QED) is 0.655. The van der Waals surface area contributed by atoms with Crippen LogP contribution in [0.15, 0.2) is 24.4 Å². The number of benzene rings is 1. The van der Waals surface area contributed by atoms with E-state index in [4.69, 9.17) is 5.73 Å². The molecule has 0 amide bonds. The van der Waals surface area contributed by atoms with Crippen LogP contribution in [0.25, 0.3) is 22.5 Å². The molecular formula is C11H8F2N6. The zero-order valence-electron chi connectivity index (χ0n) is 9.48. The van der Waals surface area contributed by atoms with Crippen molar-refractivity contribution in [2.75, 3.05) is 5.73 Å². The molecule has 19 heavy (non-hydrogen) atoms. The Labute approximate surface area is 105 Å². The maximum absolute atomic E-state index is 13.3. The highest BCUT2D eigenvalue weighted by atomic mass is 19.1. The van der Waals surface area contributed by atoms with Crippen molar-refractivity contribution in [3.8, 4) is 22.5 Å². The van der Waals surface area contributed by atoms with E-state index in [0.29, 0.717) is 17.0 Å². The summed E-state index contributed by atoms with van der Waals surface area (Å²) in [7, 11) is 0. The van der Waals surface area contributed by atoms with E-state index in [1.807, 2.05) is 0 Å². The minimum Gasteiger partial charge on any atom is -0.382 e. The first-order chi connectivity index (χ1) is 9.15. The largest absolute Gasteiger partial charge is 0.382 e. The van der Waals surface area contributed by atoms with Crippen molar-refractivity contribution in [3.63, 3.8) is 0 Å². The van der Waals surface area contributed by atoms with Gasteiger partial charge in [0.1, 0.15) is 17.3 Å². The monoisotopic (exact) mass is 262 g/mol. The first-order valence-corrected chi connectivity index (χ1v) is 5.31. The SMILES string of the molecule is Nc1n[nH]c(-c2cn[nH]n2)c1-c1cc(F)cc(F)c1. The molecule has 0 atom stereocenters. The Bertz CT molecular complexity index is 699. The molecule has 0 aliphatic heterocycles. The number of hydrogen-bond donors (Lipinski definition) is 3. The molecule has 0 bridgehead atoms. The summed E-state index contributed by atoms with van der Waals surface area (Å²) in [4.78, 5) is 0. The minimum atomic E-state index is -0.693. The molecule has 0 unspecified atom stereocenters. The van der Waals surface area contributed by atoms with Gasteiger partial charge >= 0.3 is 0 Å². The second-order valence-corrected chi connectivity index (χ2v) is 3.87. The summed E-state index contributed by atoms with van der Waals surface area (Å²) in [5.74, 6) is -1.26. The summed E-state index contributed by atoms with van der Waals surface area (Å²) in [6.45, 7) is 0. The number of nitrogens with one attached hydrogen (secondary N) is 2. The van der Waals surface area contributed by atoms with Crippen molar-refractivity contribution in [2.24, 2.45) is 0 Å². The van der Waals surface area contributed by atoms with Gasteiger partial charge in [0.2, 0.25) is 0 Å². The molecule has 96 valence electrons. The summed E-state index contributed by atoms with van der Waals surface area (Å²) < 4.78 is 26.6. The number of aromatic amines is 2. The van der Waals surface area contributed by atoms with E-state index in [9.17, 15) is 8.78 Å². The third-order valence-corrected chi connectivity index (χ3v) is 2.62. The normalized spacial score (nSPS) is 10.8. The van der Waals surface area contributed by atoms with Gasteiger partial charge in [0.15, 0.2) is 5.82 Å². The van der Waals surface area contributed by atoms with Crippen molar-refractivity contribution < 1.29 is 8.78 Å². The van der Waals surface area contributed by atoms with Crippen LogP contribution in [-0.2, 0) is 0 Å². The molecule has 3 rings (SSSR count). The molecule has 0 saturated heterocycles. The van der Waals surface area contributed by atoms with E-state index < -0.39 is 11.6 Å². The van der Waals surface area contributed by atoms with E-state index >= 15 is 0 Å². The molecule has 2 aromatic heterocycles. The van der Waals surface area contributed by atoms with Crippen LogP contribution in [0, 0.1) is 11.6 Å². The number of halogens is 2. The Morgan fingerprint density at radius 1 is 1.05 bits per heavy atom. The second kappa shape index (κ2) is 4.16. The Kier molecular flexibility index (Phi) is 2.48. The smallest absolute Gasteiger partial charge is 0.153 e.